The number of carbonyl (C=O) groups is 2. The molecule has 0 aliphatic rings. The minimum Gasteiger partial charge on any atom is -0.247 e. The van der Waals surface area contributed by atoms with E-state index < -0.39 is 11.9 Å². The van der Waals surface area contributed by atoms with Gasteiger partial charge in [-0.15, -0.1) is 0 Å². The van der Waals surface area contributed by atoms with Crippen molar-refractivity contribution in [2.75, 3.05) is 0 Å². The third kappa shape index (κ3) is 31.5. The quantitative estimate of drug-likeness (QED) is 0.0462. The van der Waals surface area contributed by atoms with Crippen molar-refractivity contribution >= 4 is 23.7 Å². The van der Waals surface area contributed by atoms with Crippen LogP contribution in [0.25, 0.3) is 0 Å². The SMILES string of the molecule is CCCCCCCCCCCCCCCC(=O)OOC(=O)CCCCCCCCCCCCCCC.c1ccc(Sc2ccccc2)cc1. The molecule has 0 fully saturated rings. The molecule has 2 aromatic carbocycles. The summed E-state index contributed by atoms with van der Waals surface area (Å²) in [5, 5.41) is 0. The molecule has 0 aliphatic carbocycles. The Hall–Kier alpha value is -2.27. The van der Waals surface area contributed by atoms with Gasteiger partial charge in [-0.05, 0) is 37.1 Å². The van der Waals surface area contributed by atoms with Gasteiger partial charge >= 0.3 is 11.9 Å². The van der Waals surface area contributed by atoms with Crippen LogP contribution in [0, 0.1) is 0 Å². The average Bonchev–Trinajstić information content (AvgIpc) is 3.12. The van der Waals surface area contributed by atoms with Crippen LogP contribution in [0.3, 0.4) is 0 Å². The first-order chi connectivity index (χ1) is 24.2. The highest BCUT2D eigenvalue weighted by Gasteiger charge is 2.09. The van der Waals surface area contributed by atoms with Crippen LogP contribution < -0.4 is 0 Å². The summed E-state index contributed by atoms with van der Waals surface area (Å²) in [5.41, 5.74) is 0. The summed E-state index contributed by atoms with van der Waals surface area (Å²) in [7, 11) is 0. The van der Waals surface area contributed by atoms with Crippen molar-refractivity contribution in [3.63, 3.8) is 0 Å². The average molecular weight is 697 g/mol. The Morgan fingerprint density at radius 1 is 0.388 bits per heavy atom. The molecule has 0 saturated carbocycles. The largest absolute Gasteiger partial charge is 0.355 e. The Morgan fingerprint density at radius 2 is 0.633 bits per heavy atom. The van der Waals surface area contributed by atoms with Gasteiger partial charge in [-0.25, -0.2) is 19.4 Å². The second-order valence-corrected chi connectivity index (χ2v) is 14.8. The van der Waals surface area contributed by atoms with Crippen LogP contribution in [0.2, 0.25) is 0 Å². The minimum absolute atomic E-state index is 0.337. The molecule has 49 heavy (non-hydrogen) atoms. The lowest BCUT2D eigenvalue weighted by Gasteiger charge is -2.05. The highest BCUT2D eigenvalue weighted by Crippen LogP contribution is 2.26. The van der Waals surface area contributed by atoms with Crippen LogP contribution in [-0.2, 0) is 19.4 Å². The van der Waals surface area contributed by atoms with Gasteiger partial charge in [-0.2, -0.15) is 0 Å². The number of rotatable bonds is 30. The number of hydrogen-bond donors (Lipinski definition) is 0. The fraction of sp³-hybridized carbons (Fsp3) is 0.682. The number of hydrogen-bond acceptors (Lipinski definition) is 5. The number of benzene rings is 2. The lowest BCUT2D eigenvalue weighted by molar-refractivity contribution is -0.259. The lowest BCUT2D eigenvalue weighted by Crippen LogP contribution is -2.11. The lowest BCUT2D eigenvalue weighted by atomic mass is 10.0. The van der Waals surface area contributed by atoms with Crippen LogP contribution in [0.15, 0.2) is 70.5 Å². The molecule has 0 aliphatic heterocycles. The summed E-state index contributed by atoms with van der Waals surface area (Å²) >= 11 is 1.79. The third-order valence-electron chi connectivity index (χ3n) is 8.92. The minimum atomic E-state index is -0.420. The molecule has 0 radical (unpaired) electrons. The molecule has 0 atom stereocenters. The van der Waals surface area contributed by atoms with Gasteiger partial charge in [0.25, 0.3) is 0 Å². The maximum Gasteiger partial charge on any atom is 0.355 e. The first kappa shape index (κ1) is 44.8. The Labute approximate surface area is 306 Å². The van der Waals surface area contributed by atoms with Crippen molar-refractivity contribution in [1.82, 2.24) is 0 Å². The van der Waals surface area contributed by atoms with Crippen molar-refractivity contribution in [3.05, 3.63) is 60.7 Å². The van der Waals surface area contributed by atoms with Crippen molar-refractivity contribution in [1.29, 1.82) is 0 Å². The van der Waals surface area contributed by atoms with E-state index >= 15 is 0 Å². The first-order valence-corrected chi connectivity index (χ1v) is 21.2. The van der Waals surface area contributed by atoms with Gasteiger partial charge in [0.05, 0.1) is 12.8 Å². The zero-order valence-corrected chi connectivity index (χ0v) is 32.4. The summed E-state index contributed by atoms with van der Waals surface area (Å²) in [4.78, 5) is 35.4. The topological polar surface area (TPSA) is 52.6 Å². The fourth-order valence-corrected chi connectivity index (χ4v) is 6.72. The van der Waals surface area contributed by atoms with E-state index in [0.717, 1.165) is 25.7 Å². The van der Waals surface area contributed by atoms with Gasteiger partial charge < -0.3 is 0 Å². The van der Waals surface area contributed by atoms with E-state index in [-0.39, 0.29) is 0 Å². The predicted molar refractivity (Wildman–Crippen MR) is 210 cm³/mol. The zero-order chi connectivity index (χ0) is 35.3. The van der Waals surface area contributed by atoms with E-state index in [1.807, 2.05) is 12.1 Å². The smallest absolute Gasteiger partial charge is 0.247 e. The number of unbranched alkanes of at least 4 members (excludes halogenated alkanes) is 24. The van der Waals surface area contributed by atoms with Gasteiger partial charge in [0, 0.05) is 9.79 Å². The molecule has 5 heteroatoms. The van der Waals surface area contributed by atoms with Crippen LogP contribution in [0.1, 0.15) is 194 Å². The summed E-state index contributed by atoms with van der Waals surface area (Å²) < 4.78 is 0. The molecule has 0 aromatic heterocycles. The van der Waals surface area contributed by atoms with Gasteiger partial charge in [-0.1, -0.05) is 216 Å². The molecule has 0 saturated heterocycles. The first-order valence-electron chi connectivity index (χ1n) is 20.3. The van der Waals surface area contributed by atoms with E-state index in [0.29, 0.717) is 12.8 Å². The van der Waals surface area contributed by atoms with E-state index in [9.17, 15) is 9.59 Å². The van der Waals surface area contributed by atoms with Gasteiger partial charge in [-0.3, -0.25) is 0 Å². The van der Waals surface area contributed by atoms with Gasteiger partial charge in [0.1, 0.15) is 0 Å². The van der Waals surface area contributed by atoms with Crippen molar-refractivity contribution in [2.24, 2.45) is 0 Å². The second kappa shape index (κ2) is 35.6. The van der Waals surface area contributed by atoms with Crippen LogP contribution >= 0.6 is 11.8 Å². The summed E-state index contributed by atoms with van der Waals surface area (Å²) in [5.74, 6) is -0.839. The van der Waals surface area contributed by atoms with Gasteiger partial charge in [0.15, 0.2) is 0 Å². The van der Waals surface area contributed by atoms with E-state index in [1.54, 1.807) is 11.8 Å². The molecule has 0 unspecified atom stereocenters. The molecular formula is C44H72O4S. The van der Waals surface area contributed by atoms with Crippen LogP contribution in [0.5, 0.6) is 0 Å². The molecule has 0 spiro atoms. The highest BCUT2D eigenvalue weighted by molar-refractivity contribution is 7.99. The Balaban J connectivity index is 0.000000755. The van der Waals surface area contributed by atoms with Gasteiger partial charge in [0.2, 0.25) is 0 Å². The zero-order valence-electron chi connectivity index (χ0n) is 31.6. The van der Waals surface area contributed by atoms with E-state index in [1.165, 1.54) is 151 Å². The molecule has 4 nitrogen and oxygen atoms in total. The Bertz CT molecular complexity index is 901. The molecule has 0 amide bonds. The van der Waals surface area contributed by atoms with Crippen molar-refractivity contribution in [3.8, 4) is 0 Å². The number of carbonyl (C=O) groups excluding carboxylic acids is 2. The van der Waals surface area contributed by atoms with Crippen LogP contribution in [0.4, 0.5) is 0 Å². The molecule has 2 rings (SSSR count). The highest BCUT2D eigenvalue weighted by atomic mass is 32.2. The third-order valence-corrected chi connectivity index (χ3v) is 9.93. The molecular weight excluding hydrogens is 625 g/mol. The van der Waals surface area contributed by atoms with E-state index in [4.69, 9.17) is 0 Å². The fourth-order valence-electron chi connectivity index (χ4n) is 5.86. The molecule has 0 bridgehead atoms. The molecule has 278 valence electrons. The summed E-state index contributed by atoms with van der Waals surface area (Å²) in [6, 6.07) is 20.8. The van der Waals surface area contributed by atoms with Crippen LogP contribution in [-0.4, -0.2) is 11.9 Å². The maximum absolute atomic E-state index is 11.7. The standard InChI is InChI=1S/C32H62O4.C12H10S/c1-3-5-7-9-11-13-15-17-19-21-23-25-27-29-31(33)35-36-32(34)30-28-26-24-22-20-18-16-14-12-10-8-6-4-2;1-3-7-11(8-4-1)13-12-9-5-2-6-10-12/h3-30H2,1-2H3;1-10H. The molecule has 0 N–H and O–H groups in total. The Kier molecular flexibility index (Phi) is 32.5. The molecule has 2 aromatic rings. The Morgan fingerprint density at radius 3 is 0.898 bits per heavy atom. The second-order valence-electron chi connectivity index (χ2n) is 13.6. The summed E-state index contributed by atoms with van der Waals surface area (Å²) in [6.07, 6.45) is 33.8. The van der Waals surface area contributed by atoms with Crippen molar-refractivity contribution in [2.45, 2.75) is 203 Å². The van der Waals surface area contributed by atoms with Crippen molar-refractivity contribution < 1.29 is 19.4 Å². The predicted octanol–water partition coefficient (Wildman–Crippen LogP) is 14.8. The maximum atomic E-state index is 11.7. The normalized spacial score (nSPS) is 10.7. The summed E-state index contributed by atoms with van der Waals surface area (Å²) in [6.45, 7) is 4.53. The monoisotopic (exact) mass is 697 g/mol. The van der Waals surface area contributed by atoms with E-state index in [2.05, 4.69) is 72.2 Å². The molecule has 0 heterocycles.